The molecule has 0 aliphatic rings. The summed E-state index contributed by atoms with van der Waals surface area (Å²) in [6, 6.07) is 6.05. The van der Waals surface area contributed by atoms with Gasteiger partial charge in [-0.05, 0) is 38.5 Å². The molecule has 7 nitrogen and oxygen atoms in total. The first kappa shape index (κ1) is 22.1. The zero-order valence-corrected chi connectivity index (χ0v) is 16.6. The van der Waals surface area contributed by atoms with Gasteiger partial charge in [0.05, 0.1) is 39.1 Å². The maximum Gasteiger partial charge on any atom is 0.191 e. The second kappa shape index (κ2) is 13.2. The number of ether oxygens (including phenoxy) is 4. The molecule has 0 aliphatic heterocycles. The minimum atomic E-state index is 0.0606. The number of hydrogen-bond donors (Lipinski definition) is 2. The first-order valence-corrected chi connectivity index (χ1v) is 9.09. The molecule has 1 atom stereocenters. The molecule has 0 saturated heterocycles. The summed E-state index contributed by atoms with van der Waals surface area (Å²) in [7, 11) is 3.41. The van der Waals surface area contributed by atoms with Crippen LogP contribution in [0.2, 0.25) is 0 Å². The molecule has 7 heteroatoms. The lowest BCUT2D eigenvalue weighted by atomic mass is 10.1. The van der Waals surface area contributed by atoms with E-state index in [1.807, 2.05) is 32.0 Å². The van der Waals surface area contributed by atoms with Crippen molar-refractivity contribution < 1.29 is 18.9 Å². The number of guanidine groups is 1. The number of nitrogens with zero attached hydrogens (tertiary/aromatic N) is 1. The van der Waals surface area contributed by atoms with Gasteiger partial charge in [0.15, 0.2) is 17.5 Å². The lowest BCUT2D eigenvalue weighted by Crippen LogP contribution is -2.40. The fraction of sp³-hybridized carbons (Fsp3) is 0.632. The fourth-order valence-electron chi connectivity index (χ4n) is 2.31. The van der Waals surface area contributed by atoms with Gasteiger partial charge in [-0.2, -0.15) is 0 Å². The van der Waals surface area contributed by atoms with Gasteiger partial charge in [-0.1, -0.05) is 6.07 Å². The summed E-state index contributed by atoms with van der Waals surface area (Å²) in [5, 5.41) is 6.60. The van der Waals surface area contributed by atoms with E-state index in [0.717, 1.165) is 23.0 Å². The van der Waals surface area contributed by atoms with E-state index < -0.39 is 0 Å². The number of aliphatic imine (C=N–C) groups is 1. The molecule has 1 aromatic carbocycles. The number of nitrogens with one attached hydrogen (secondary N) is 2. The third-order valence-electron chi connectivity index (χ3n) is 3.61. The molecule has 0 spiro atoms. The Balaban J connectivity index is 2.58. The molecule has 0 aromatic heterocycles. The third-order valence-corrected chi connectivity index (χ3v) is 3.61. The Bertz CT molecular complexity index is 538. The van der Waals surface area contributed by atoms with Gasteiger partial charge in [0, 0.05) is 20.7 Å². The van der Waals surface area contributed by atoms with Crippen molar-refractivity contribution >= 4 is 5.96 Å². The highest BCUT2D eigenvalue weighted by atomic mass is 16.5. The summed E-state index contributed by atoms with van der Waals surface area (Å²) in [4.78, 5) is 4.25. The third kappa shape index (κ3) is 7.93. The van der Waals surface area contributed by atoms with Gasteiger partial charge in [-0.25, -0.2) is 0 Å². The van der Waals surface area contributed by atoms with E-state index in [-0.39, 0.29) is 6.04 Å². The molecule has 0 bridgehead atoms. The highest BCUT2D eigenvalue weighted by molar-refractivity contribution is 5.80. The van der Waals surface area contributed by atoms with Crippen LogP contribution in [0, 0.1) is 0 Å². The molecular weight excluding hydrogens is 334 g/mol. The Morgan fingerprint density at radius 2 is 1.81 bits per heavy atom. The summed E-state index contributed by atoms with van der Waals surface area (Å²) < 4.78 is 21.7. The van der Waals surface area contributed by atoms with Crippen molar-refractivity contribution in [1.82, 2.24) is 10.6 Å². The van der Waals surface area contributed by atoms with Crippen LogP contribution in [0.3, 0.4) is 0 Å². The molecule has 1 rings (SSSR count). The minimum absolute atomic E-state index is 0.0606. The van der Waals surface area contributed by atoms with Crippen molar-refractivity contribution in [2.75, 3.05) is 53.7 Å². The highest BCUT2D eigenvalue weighted by Gasteiger charge is 2.12. The molecule has 0 aliphatic carbocycles. The molecule has 2 N–H and O–H groups in total. The van der Waals surface area contributed by atoms with Crippen molar-refractivity contribution in [2.24, 2.45) is 4.99 Å². The van der Waals surface area contributed by atoms with E-state index in [1.165, 1.54) is 0 Å². The number of benzene rings is 1. The second-order valence-corrected chi connectivity index (χ2v) is 5.54. The first-order valence-electron chi connectivity index (χ1n) is 9.09. The van der Waals surface area contributed by atoms with Crippen LogP contribution < -0.4 is 20.1 Å². The van der Waals surface area contributed by atoms with Crippen LogP contribution in [0.15, 0.2) is 23.2 Å². The largest absolute Gasteiger partial charge is 0.490 e. The average Bonchev–Trinajstić information content (AvgIpc) is 2.65. The molecule has 148 valence electrons. The lowest BCUT2D eigenvalue weighted by molar-refractivity contribution is 0.0733. The maximum absolute atomic E-state index is 5.70. The summed E-state index contributed by atoms with van der Waals surface area (Å²) in [6.45, 7) is 9.66. The Kier molecular flexibility index (Phi) is 11.2. The van der Waals surface area contributed by atoms with Gasteiger partial charge in [-0.15, -0.1) is 0 Å². The number of rotatable bonds is 12. The van der Waals surface area contributed by atoms with E-state index in [4.69, 9.17) is 18.9 Å². The highest BCUT2D eigenvalue weighted by Crippen LogP contribution is 2.30. The van der Waals surface area contributed by atoms with E-state index >= 15 is 0 Å². The Labute approximate surface area is 157 Å². The van der Waals surface area contributed by atoms with Gasteiger partial charge in [0.2, 0.25) is 0 Å². The Morgan fingerprint density at radius 3 is 2.46 bits per heavy atom. The van der Waals surface area contributed by atoms with E-state index in [1.54, 1.807) is 14.2 Å². The van der Waals surface area contributed by atoms with Gasteiger partial charge in [0.1, 0.15) is 0 Å². The zero-order valence-electron chi connectivity index (χ0n) is 16.6. The fourth-order valence-corrected chi connectivity index (χ4v) is 2.31. The minimum Gasteiger partial charge on any atom is -0.490 e. The van der Waals surface area contributed by atoms with Gasteiger partial charge < -0.3 is 29.6 Å². The standard InChI is InChI=1S/C19H33N3O4/c1-6-25-17-9-8-16(14-18(17)26-7-2)15(3)22-19(20-4)21-10-11-24-13-12-23-5/h8-9,14-15H,6-7,10-13H2,1-5H3,(H2,20,21,22). The quantitative estimate of drug-likeness (QED) is 0.336. The molecule has 0 radical (unpaired) electrons. The van der Waals surface area contributed by atoms with Crippen molar-refractivity contribution in [1.29, 1.82) is 0 Å². The SMILES string of the molecule is CCOc1ccc(C(C)NC(=NC)NCCOCCOC)cc1OCC. The van der Waals surface area contributed by atoms with Crippen molar-refractivity contribution in [3.05, 3.63) is 23.8 Å². The first-order chi connectivity index (χ1) is 12.7. The predicted molar refractivity (Wildman–Crippen MR) is 104 cm³/mol. The molecular formula is C19H33N3O4. The zero-order chi connectivity index (χ0) is 19.2. The van der Waals surface area contributed by atoms with Crippen LogP contribution in [0.25, 0.3) is 0 Å². The Morgan fingerprint density at radius 1 is 1.08 bits per heavy atom. The monoisotopic (exact) mass is 367 g/mol. The van der Waals surface area contributed by atoms with Crippen LogP contribution in [0.1, 0.15) is 32.4 Å². The normalized spacial score (nSPS) is 12.6. The Hall–Kier alpha value is -1.99. The van der Waals surface area contributed by atoms with E-state index in [0.29, 0.717) is 39.6 Å². The molecule has 0 amide bonds. The molecule has 1 aromatic rings. The van der Waals surface area contributed by atoms with Crippen LogP contribution in [0.5, 0.6) is 11.5 Å². The second-order valence-electron chi connectivity index (χ2n) is 5.54. The van der Waals surface area contributed by atoms with Gasteiger partial charge in [0.25, 0.3) is 0 Å². The summed E-state index contributed by atoms with van der Waals surface area (Å²) in [5.41, 5.74) is 1.09. The smallest absolute Gasteiger partial charge is 0.191 e. The van der Waals surface area contributed by atoms with Crippen LogP contribution in [0.4, 0.5) is 0 Å². The molecule has 1 unspecified atom stereocenters. The van der Waals surface area contributed by atoms with E-state index in [9.17, 15) is 0 Å². The summed E-state index contributed by atoms with van der Waals surface area (Å²) >= 11 is 0. The topological polar surface area (TPSA) is 73.3 Å². The van der Waals surface area contributed by atoms with Crippen molar-refractivity contribution in [3.63, 3.8) is 0 Å². The van der Waals surface area contributed by atoms with E-state index in [2.05, 4.69) is 22.5 Å². The van der Waals surface area contributed by atoms with Crippen molar-refractivity contribution in [3.8, 4) is 11.5 Å². The van der Waals surface area contributed by atoms with Gasteiger partial charge in [-0.3, -0.25) is 4.99 Å². The number of hydrogen-bond acceptors (Lipinski definition) is 5. The van der Waals surface area contributed by atoms with Crippen LogP contribution >= 0.6 is 0 Å². The maximum atomic E-state index is 5.70. The van der Waals surface area contributed by atoms with Crippen LogP contribution in [-0.4, -0.2) is 59.7 Å². The summed E-state index contributed by atoms with van der Waals surface area (Å²) in [5.74, 6) is 2.25. The van der Waals surface area contributed by atoms with Crippen molar-refractivity contribution in [2.45, 2.75) is 26.8 Å². The predicted octanol–water partition coefficient (Wildman–Crippen LogP) is 2.37. The lowest BCUT2D eigenvalue weighted by Gasteiger charge is -2.20. The molecule has 0 heterocycles. The van der Waals surface area contributed by atoms with Crippen LogP contribution in [-0.2, 0) is 9.47 Å². The van der Waals surface area contributed by atoms with Gasteiger partial charge >= 0.3 is 0 Å². The molecule has 26 heavy (non-hydrogen) atoms. The average molecular weight is 367 g/mol. The number of methoxy groups -OCH3 is 1. The molecule has 0 fully saturated rings. The molecule has 0 saturated carbocycles. The summed E-state index contributed by atoms with van der Waals surface area (Å²) in [6.07, 6.45) is 0.